The van der Waals surface area contributed by atoms with Crippen molar-refractivity contribution in [3.8, 4) is 11.3 Å². The van der Waals surface area contributed by atoms with E-state index < -0.39 is 30.5 Å². The summed E-state index contributed by atoms with van der Waals surface area (Å²) in [5, 5.41) is 9.46. The van der Waals surface area contributed by atoms with E-state index in [1.807, 2.05) is 91.0 Å². The maximum absolute atomic E-state index is 13.3. The van der Waals surface area contributed by atoms with Gasteiger partial charge in [0.05, 0.1) is 18.4 Å². The summed E-state index contributed by atoms with van der Waals surface area (Å²) in [7, 11) is 0. The van der Waals surface area contributed by atoms with Gasteiger partial charge >= 0.3 is 11.9 Å². The van der Waals surface area contributed by atoms with Gasteiger partial charge in [-0.05, 0) is 11.1 Å². The zero-order chi connectivity index (χ0) is 23.0. The maximum atomic E-state index is 13.3. The fraction of sp³-hybridized carbons (Fsp3) is 0.148. The van der Waals surface area contributed by atoms with Crippen molar-refractivity contribution in [2.45, 2.75) is 25.0 Å². The van der Waals surface area contributed by atoms with Gasteiger partial charge in [0.25, 0.3) is 0 Å². The highest BCUT2D eigenvalue weighted by molar-refractivity contribution is 5.81. The molecule has 0 spiro atoms. The third kappa shape index (κ3) is 5.74. The van der Waals surface area contributed by atoms with E-state index in [0.717, 1.165) is 16.7 Å². The zero-order valence-electron chi connectivity index (χ0n) is 18.0. The third-order valence-corrected chi connectivity index (χ3v) is 5.36. The van der Waals surface area contributed by atoms with Crippen LogP contribution in [0.5, 0.6) is 0 Å². The second-order valence-electron chi connectivity index (χ2n) is 7.71. The summed E-state index contributed by atoms with van der Waals surface area (Å²) in [6.45, 7) is 0. The van der Waals surface area contributed by atoms with Gasteiger partial charge in [-0.1, -0.05) is 91.0 Å². The first-order valence-corrected chi connectivity index (χ1v) is 10.7. The summed E-state index contributed by atoms with van der Waals surface area (Å²) < 4.78 is 7.44. The van der Waals surface area contributed by atoms with Crippen LogP contribution in [0.15, 0.2) is 104 Å². The fourth-order valence-electron chi connectivity index (χ4n) is 3.68. The quantitative estimate of drug-likeness (QED) is 0.367. The van der Waals surface area contributed by atoms with Crippen LogP contribution in [0, 0.1) is 0 Å². The number of aliphatic carboxylic acids is 1. The molecule has 0 saturated heterocycles. The lowest BCUT2D eigenvalue weighted by atomic mass is 10.0. The van der Waals surface area contributed by atoms with Crippen molar-refractivity contribution in [2.24, 2.45) is 0 Å². The molecule has 1 N–H and O–H groups in total. The summed E-state index contributed by atoms with van der Waals surface area (Å²) >= 11 is 0. The van der Waals surface area contributed by atoms with Crippen molar-refractivity contribution in [1.29, 1.82) is 0 Å². The molecule has 6 heteroatoms. The standard InChI is InChI=1S/C27H24N2O4/c30-26(31)17-24(29-18-23(28-19-29)21-12-6-2-7-13-21)27(32)33-25(22-14-8-3-9-15-22)16-20-10-4-1-5-11-20/h1-15,18-19,24-25H,16-17H2,(H,30,31). The largest absolute Gasteiger partial charge is 0.481 e. The van der Waals surface area contributed by atoms with E-state index in [1.54, 1.807) is 6.20 Å². The van der Waals surface area contributed by atoms with Crippen molar-refractivity contribution >= 4 is 11.9 Å². The summed E-state index contributed by atoms with van der Waals surface area (Å²) in [6.07, 6.45) is 2.69. The highest BCUT2D eigenvalue weighted by Crippen LogP contribution is 2.27. The molecule has 166 valence electrons. The minimum Gasteiger partial charge on any atom is -0.481 e. The lowest BCUT2D eigenvalue weighted by Gasteiger charge is -2.22. The molecule has 4 aromatic rings. The molecule has 0 fully saturated rings. The van der Waals surface area contributed by atoms with Gasteiger partial charge in [-0.15, -0.1) is 0 Å². The lowest BCUT2D eigenvalue weighted by Crippen LogP contribution is -2.26. The van der Waals surface area contributed by atoms with Crippen LogP contribution in [0.4, 0.5) is 0 Å². The second-order valence-corrected chi connectivity index (χ2v) is 7.71. The van der Waals surface area contributed by atoms with Gasteiger partial charge in [0, 0.05) is 18.2 Å². The molecule has 4 rings (SSSR count). The Morgan fingerprint density at radius 2 is 1.48 bits per heavy atom. The maximum Gasteiger partial charge on any atom is 0.330 e. The molecule has 0 aliphatic rings. The summed E-state index contributed by atoms with van der Waals surface area (Å²) in [5.74, 6) is -1.70. The molecule has 1 heterocycles. The van der Waals surface area contributed by atoms with Gasteiger partial charge < -0.3 is 14.4 Å². The van der Waals surface area contributed by atoms with Crippen LogP contribution in [0.1, 0.15) is 29.7 Å². The first-order chi connectivity index (χ1) is 16.1. The summed E-state index contributed by atoms with van der Waals surface area (Å²) in [4.78, 5) is 29.2. The van der Waals surface area contributed by atoms with Crippen molar-refractivity contribution in [3.63, 3.8) is 0 Å². The van der Waals surface area contributed by atoms with Crippen LogP contribution in [-0.2, 0) is 20.7 Å². The highest BCUT2D eigenvalue weighted by Gasteiger charge is 2.28. The molecule has 2 unspecified atom stereocenters. The van der Waals surface area contributed by atoms with Crippen LogP contribution >= 0.6 is 0 Å². The number of rotatable bonds is 9. The summed E-state index contributed by atoms with van der Waals surface area (Å²) in [6, 6.07) is 27.7. The minimum absolute atomic E-state index is 0.406. The van der Waals surface area contributed by atoms with Crippen LogP contribution < -0.4 is 0 Å². The smallest absolute Gasteiger partial charge is 0.330 e. The Morgan fingerprint density at radius 1 is 0.879 bits per heavy atom. The first kappa shape index (κ1) is 22.0. The molecule has 0 radical (unpaired) electrons. The topological polar surface area (TPSA) is 81.4 Å². The molecule has 0 aliphatic heterocycles. The molecular weight excluding hydrogens is 416 g/mol. The van der Waals surface area contributed by atoms with E-state index in [1.165, 1.54) is 10.9 Å². The number of carboxylic acid groups (broad SMARTS) is 1. The Kier molecular flexibility index (Phi) is 6.95. The van der Waals surface area contributed by atoms with E-state index >= 15 is 0 Å². The SMILES string of the molecule is O=C(O)CC(C(=O)OC(Cc1ccccc1)c1ccccc1)n1cnc(-c2ccccc2)c1. The van der Waals surface area contributed by atoms with Crippen molar-refractivity contribution in [3.05, 3.63) is 115 Å². The Hall–Kier alpha value is -4.19. The van der Waals surface area contributed by atoms with Crippen molar-refractivity contribution in [2.75, 3.05) is 0 Å². The van der Waals surface area contributed by atoms with E-state index in [2.05, 4.69) is 4.98 Å². The zero-order valence-corrected chi connectivity index (χ0v) is 18.0. The fourth-order valence-corrected chi connectivity index (χ4v) is 3.68. The Bertz CT molecular complexity index is 1190. The first-order valence-electron chi connectivity index (χ1n) is 10.7. The number of benzene rings is 3. The van der Waals surface area contributed by atoms with E-state index in [9.17, 15) is 14.7 Å². The number of esters is 1. The molecule has 0 aliphatic carbocycles. The molecule has 1 aromatic heterocycles. The predicted molar refractivity (Wildman–Crippen MR) is 124 cm³/mol. The van der Waals surface area contributed by atoms with E-state index in [0.29, 0.717) is 12.1 Å². The number of imidazole rings is 1. The summed E-state index contributed by atoms with van der Waals surface area (Å²) in [5.41, 5.74) is 3.40. The van der Waals surface area contributed by atoms with Crippen LogP contribution in [0.3, 0.4) is 0 Å². The Labute approximate surface area is 192 Å². The minimum atomic E-state index is -1.09. The average Bonchev–Trinajstić information content (AvgIpc) is 3.34. The molecule has 3 aromatic carbocycles. The third-order valence-electron chi connectivity index (χ3n) is 5.36. The highest BCUT2D eigenvalue weighted by atomic mass is 16.5. The van der Waals surface area contributed by atoms with E-state index in [4.69, 9.17) is 4.74 Å². The molecule has 6 nitrogen and oxygen atoms in total. The second kappa shape index (κ2) is 10.4. The predicted octanol–water partition coefficient (Wildman–Crippen LogP) is 5.09. The molecule has 0 amide bonds. The number of ether oxygens (including phenoxy) is 1. The number of carbonyl (C=O) groups excluding carboxylic acids is 1. The number of hydrogen-bond donors (Lipinski definition) is 1. The van der Waals surface area contributed by atoms with Crippen LogP contribution in [0.2, 0.25) is 0 Å². The van der Waals surface area contributed by atoms with Gasteiger partial charge in [0.1, 0.15) is 12.1 Å². The van der Waals surface area contributed by atoms with Crippen LogP contribution in [-0.4, -0.2) is 26.6 Å². The number of hydrogen-bond acceptors (Lipinski definition) is 4. The number of nitrogens with zero attached hydrogens (tertiary/aromatic N) is 2. The normalized spacial score (nSPS) is 12.6. The van der Waals surface area contributed by atoms with E-state index in [-0.39, 0.29) is 0 Å². The number of carboxylic acids is 1. The number of carbonyl (C=O) groups is 2. The van der Waals surface area contributed by atoms with Crippen molar-refractivity contribution < 1.29 is 19.4 Å². The Balaban J connectivity index is 1.60. The van der Waals surface area contributed by atoms with Gasteiger partial charge in [-0.3, -0.25) is 4.79 Å². The molecular formula is C27H24N2O4. The monoisotopic (exact) mass is 440 g/mol. The number of aromatic nitrogens is 2. The van der Waals surface area contributed by atoms with Gasteiger partial charge in [0.2, 0.25) is 0 Å². The van der Waals surface area contributed by atoms with Crippen molar-refractivity contribution in [1.82, 2.24) is 9.55 Å². The Morgan fingerprint density at radius 3 is 2.12 bits per heavy atom. The molecule has 0 saturated carbocycles. The van der Waals surface area contributed by atoms with Gasteiger partial charge in [0.15, 0.2) is 0 Å². The molecule has 33 heavy (non-hydrogen) atoms. The molecule has 2 atom stereocenters. The van der Waals surface area contributed by atoms with Gasteiger partial charge in [-0.2, -0.15) is 0 Å². The molecule has 0 bridgehead atoms. The van der Waals surface area contributed by atoms with Gasteiger partial charge in [-0.25, -0.2) is 9.78 Å². The average molecular weight is 440 g/mol. The lowest BCUT2D eigenvalue weighted by molar-refractivity contribution is -0.157. The van der Waals surface area contributed by atoms with Crippen LogP contribution in [0.25, 0.3) is 11.3 Å².